The van der Waals surface area contributed by atoms with Gasteiger partial charge < -0.3 is 19.1 Å². The van der Waals surface area contributed by atoms with E-state index < -0.39 is 62.6 Å². The molecule has 1 fully saturated rings. The molecular formula is C22H29FN3O8PS. The van der Waals surface area contributed by atoms with Crippen molar-refractivity contribution in [3.63, 3.8) is 0 Å². The van der Waals surface area contributed by atoms with Crippen LogP contribution in [0.2, 0.25) is 0 Å². The number of carbonyl (C=O) groups excluding carboxylic acids is 1. The molecule has 2 heterocycles. The van der Waals surface area contributed by atoms with Crippen LogP contribution in [0.4, 0.5) is 4.39 Å². The van der Waals surface area contributed by atoms with E-state index in [0.717, 1.165) is 0 Å². The molecule has 198 valence electrons. The van der Waals surface area contributed by atoms with Gasteiger partial charge in [0.15, 0.2) is 17.2 Å². The van der Waals surface area contributed by atoms with E-state index in [1.54, 1.807) is 32.0 Å². The van der Waals surface area contributed by atoms with Gasteiger partial charge in [-0.1, -0.05) is 18.2 Å². The van der Waals surface area contributed by atoms with Crippen LogP contribution in [0.3, 0.4) is 0 Å². The summed E-state index contributed by atoms with van der Waals surface area (Å²) >= 11 is 5.09. The molecule has 36 heavy (non-hydrogen) atoms. The number of esters is 1. The van der Waals surface area contributed by atoms with Crippen molar-refractivity contribution < 1.29 is 37.4 Å². The number of hydrogen-bond acceptors (Lipinski definition) is 9. The van der Waals surface area contributed by atoms with E-state index in [2.05, 4.69) is 10.1 Å². The van der Waals surface area contributed by atoms with Crippen molar-refractivity contribution in [1.82, 2.24) is 14.6 Å². The number of aryl methyl sites for hydroxylation is 1. The summed E-state index contributed by atoms with van der Waals surface area (Å²) in [5, 5.41) is 12.9. The van der Waals surface area contributed by atoms with E-state index in [1.165, 1.54) is 36.7 Å². The molecule has 3 N–H and O–H groups in total. The van der Waals surface area contributed by atoms with Crippen LogP contribution in [0.1, 0.15) is 32.6 Å². The Hall–Kier alpha value is -2.41. The summed E-state index contributed by atoms with van der Waals surface area (Å²) in [4.78, 5) is 26.4. The van der Waals surface area contributed by atoms with E-state index in [4.69, 9.17) is 30.7 Å². The molecule has 14 heteroatoms. The Morgan fingerprint density at radius 2 is 2.00 bits per heavy atom. The number of aromatic amines is 1. The number of hydrogen-bond donors (Lipinski definition) is 3. The monoisotopic (exact) mass is 545 g/mol. The highest BCUT2D eigenvalue weighted by atomic mass is 32.1. The molecule has 6 atom stereocenters. The molecule has 0 spiro atoms. The van der Waals surface area contributed by atoms with Gasteiger partial charge in [-0.25, -0.2) is 8.96 Å². The number of H-pyrrole nitrogens is 1. The largest absolute Gasteiger partial charge is 0.462 e. The van der Waals surface area contributed by atoms with Crippen LogP contribution in [-0.4, -0.2) is 57.8 Å². The zero-order valence-corrected chi connectivity index (χ0v) is 21.8. The molecule has 0 saturated carbocycles. The number of para-hydroxylation sites is 1. The second-order valence-corrected chi connectivity index (χ2v) is 10.6. The van der Waals surface area contributed by atoms with Gasteiger partial charge in [0, 0.05) is 11.8 Å². The Kier molecular flexibility index (Phi) is 9.20. The summed E-state index contributed by atoms with van der Waals surface area (Å²) in [5.41, 5.74) is -0.166. The summed E-state index contributed by atoms with van der Waals surface area (Å²) in [6, 6.07) is 7.00. The predicted molar refractivity (Wildman–Crippen MR) is 130 cm³/mol. The fourth-order valence-electron chi connectivity index (χ4n) is 3.35. The fourth-order valence-corrected chi connectivity index (χ4v) is 5.10. The van der Waals surface area contributed by atoms with Crippen molar-refractivity contribution in [3.05, 3.63) is 57.2 Å². The van der Waals surface area contributed by atoms with Crippen molar-refractivity contribution in [2.24, 2.45) is 0 Å². The van der Waals surface area contributed by atoms with Gasteiger partial charge in [-0.3, -0.25) is 23.7 Å². The van der Waals surface area contributed by atoms with Gasteiger partial charge in [-0.2, -0.15) is 5.09 Å². The standard InChI is InChI=1S/C22H29FN3O8PS/c1-12(2)32-21(29)14(4)25-35(30,34-15-8-6-5-7-9-15)31-11-16-18(27)17(23)20(33-16)26-10-13(3)19(28)24-22(26)36/h5-10,12,14,16-18,20,27H,11H2,1-4H3,(H,25,30)(H,24,28,36)/t14-,16-,17?,18+,20-,35?/m0/s1. The van der Waals surface area contributed by atoms with Crippen molar-refractivity contribution in [2.45, 2.75) is 64.4 Å². The molecule has 0 radical (unpaired) electrons. The minimum Gasteiger partial charge on any atom is -0.462 e. The number of aliphatic hydroxyl groups is 1. The maximum atomic E-state index is 15.0. The Bertz CT molecular complexity index is 1220. The predicted octanol–water partition coefficient (Wildman–Crippen LogP) is 2.94. The second-order valence-electron chi connectivity index (χ2n) is 8.51. The van der Waals surface area contributed by atoms with Gasteiger partial charge >= 0.3 is 13.7 Å². The average Bonchev–Trinajstić information content (AvgIpc) is 3.08. The van der Waals surface area contributed by atoms with Crippen molar-refractivity contribution in [3.8, 4) is 5.75 Å². The SMILES string of the molecule is Cc1cn([C@H]2O[C@@H](COP(=O)(N[C@@H](C)C(=O)OC(C)C)Oc3ccccc3)[C@@H](O)C2F)c(=S)[nH]c1=O. The molecule has 3 rings (SSSR count). The number of carbonyl (C=O) groups is 1. The van der Waals surface area contributed by atoms with Crippen LogP contribution in [0.5, 0.6) is 5.75 Å². The molecule has 1 saturated heterocycles. The molecule has 0 amide bonds. The Labute approximate surface area is 212 Å². The molecule has 0 bridgehead atoms. The Balaban J connectivity index is 1.77. The van der Waals surface area contributed by atoms with E-state index >= 15 is 0 Å². The number of nitrogens with one attached hydrogen (secondary N) is 2. The maximum absolute atomic E-state index is 15.0. The highest BCUT2D eigenvalue weighted by Gasteiger charge is 2.47. The van der Waals surface area contributed by atoms with E-state index in [-0.39, 0.29) is 16.1 Å². The first-order chi connectivity index (χ1) is 16.9. The third kappa shape index (κ3) is 6.87. The van der Waals surface area contributed by atoms with Crippen molar-refractivity contribution in [1.29, 1.82) is 0 Å². The molecule has 11 nitrogen and oxygen atoms in total. The molecule has 2 aromatic rings. The van der Waals surface area contributed by atoms with Crippen LogP contribution in [0, 0.1) is 11.7 Å². The quantitative estimate of drug-likeness (QED) is 0.232. The summed E-state index contributed by atoms with van der Waals surface area (Å²) in [7, 11) is -4.25. The average molecular weight is 546 g/mol. The van der Waals surface area contributed by atoms with Gasteiger partial charge in [0.2, 0.25) is 0 Å². The summed E-state index contributed by atoms with van der Waals surface area (Å²) in [5.74, 6) is -0.503. The van der Waals surface area contributed by atoms with Crippen LogP contribution < -0.4 is 15.2 Å². The van der Waals surface area contributed by atoms with Gasteiger partial charge in [0.1, 0.15) is 24.0 Å². The molecule has 1 aromatic heterocycles. The lowest BCUT2D eigenvalue weighted by molar-refractivity contribution is -0.149. The lowest BCUT2D eigenvalue weighted by atomic mass is 10.1. The molecular weight excluding hydrogens is 516 g/mol. The molecule has 0 aliphatic carbocycles. The van der Waals surface area contributed by atoms with Crippen LogP contribution in [-0.2, 0) is 23.4 Å². The molecule has 2 unspecified atom stereocenters. The lowest BCUT2D eigenvalue weighted by Crippen LogP contribution is -2.37. The third-order valence-electron chi connectivity index (χ3n) is 5.15. The highest BCUT2D eigenvalue weighted by Crippen LogP contribution is 2.46. The lowest BCUT2D eigenvalue weighted by Gasteiger charge is -2.25. The number of rotatable bonds is 10. The minimum absolute atomic E-state index is 0.0933. The Morgan fingerprint density at radius 3 is 2.64 bits per heavy atom. The van der Waals surface area contributed by atoms with Crippen LogP contribution in [0.25, 0.3) is 0 Å². The van der Waals surface area contributed by atoms with Gasteiger partial charge in [-0.15, -0.1) is 0 Å². The summed E-state index contributed by atoms with van der Waals surface area (Å²) < 4.78 is 51.4. The van der Waals surface area contributed by atoms with Crippen LogP contribution >= 0.6 is 20.0 Å². The molecule has 1 aromatic carbocycles. The fraction of sp³-hybridized carbons (Fsp3) is 0.500. The number of halogens is 1. The zero-order valence-electron chi connectivity index (χ0n) is 20.1. The smallest absolute Gasteiger partial charge is 0.459 e. The van der Waals surface area contributed by atoms with Crippen molar-refractivity contribution >= 4 is 25.9 Å². The number of alkyl halides is 1. The number of aliphatic hydroxyl groups excluding tert-OH is 1. The number of aromatic nitrogens is 2. The number of benzene rings is 1. The first-order valence-corrected chi connectivity index (χ1v) is 13.1. The molecule has 1 aliphatic rings. The first kappa shape index (κ1) is 28.2. The van der Waals surface area contributed by atoms with Crippen LogP contribution in [0.15, 0.2) is 41.3 Å². The van der Waals surface area contributed by atoms with Crippen molar-refractivity contribution in [2.75, 3.05) is 6.61 Å². The minimum atomic E-state index is -4.25. The summed E-state index contributed by atoms with van der Waals surface area (Å²) in [6.07, 6.45) is -5.32. The van der Waals surface area contributed by atoms with E-state index in [9.17, 15) is 23.7 Å². The zero-order chi connectivity index (χ0) is 26.6. The number of ether oxygens (including phenoxy) is 2. The number of nitrogens with zero attached hydrogens (tertiary/aromatic N) is 1. The topological polar surface area (TPSA) is 141 Å². The van der Waals surface area contributed by atoms with E-state index in [1.807, 2.05) is 0 Å². The van der Waals surface area contributed by atoms with Gasteiger partial charge in [0.05, 0.1) is 12.7 Å². The van der Waals surface area contributed by atoms with Gasteiger partial charge in [0.25, 0.3) is 5.56 Å². The second kappa shape index (κ2) is 11.8. The third-order valence-corrected chi connectivity index (χ3v) is 7.11. The maximum Gasteiger partial charge on any atom is 0.459 e. The van der Waals surface area contributed by atoms with Gasteiger partial charge in [-0.05, 0) is 52.0 Å². The summed E-state index contributed by atoms with van der Waals surface area (Å²) in [6.45, 7) is 5.71. The normalized spacial score (nSPS) is 24.3. The van der Waals surface area contributed by atoms with E-state index in [0.29, 0.717) is 0 Å². The first-order valence-electron chi connectivity index (χ1n) is 11.2. The Morgan fingerprint density at radius 1 is 1.33 bits per heavy atom. The molecule has 1 aliphatic heterocycles. The highest BCUT2D eigenvalue weighted by molar-refractivity contribution is 7.71.